The van der Waals surface area contributed by atoms with Gasteiger partial charge in [0.05, 0.1) is 11.4 Å². The van der Waals surface area contributed by atoms with Crippen LogP contribution in [0.4, 0.5) is 23.0 Å². The molecule has 0 saturated heterocycles. The fraction of sp³-hybridized carbons (Fsp3) is 0.407. The van der Waals surface area contributed by atoms with Gasteiger partial charge in [-0.15, -0.1) is 0 Å². The van der Waals surface area contributed by atoms with Gasteiger partial charge in [0.1, 0.15) is 6.17 Å². The van der Waals surface area contributed by atoms with Crippen LogP contribution in [0.2, 0.25) is 0 Å². The summed E-state index contributed by atoms with van der Waals surface area (Å²) >= 11 is 0. The second-order valence-corrected chi connectivity index (χ2v) is 10.1. The molecule has 2 aromatic carbocycles. The van der Waals surface area contributed by atoms with Crippen molar-refractivity contribution >= 4 is 23.0 Å². The number of benzene rings is 2. The first-order valence-electron chi connectivity index (χ1n) is 11.4. The highest BCUT2D eigenvalue weighted by molar-refractivity contribution is 5.84. The van der Waals surface area contributed by atoms with E-state index in [0.29, 0.717) is 0 Å². The predicted octanol–water partition coefficient (Wildman–Crippen LogP) is 6.85. The largest absolute Gasteiger partial charge is 0.302 e. The van der Waals surface area contributed by atoms with Gasteiger partial charge in [-0.1, -0.05) is 71.0 Å². The highest BCUT2D eigenvalue weighted by atomic mass is 15.5. The predicted molar refractivity (Wildman–Crippen MR) is 129 cm³/mol. The molecule has 0 N–H and O–H groups in total. The number of fused-ring (bicyclic) bond motifs is 2. The Morgan fingerprint density at radius 1 is 0.710 bits per heavy atom. The van der Waals surface area contributed by atoms with E-state index in [1.54, 1.807) is 0 Å². The highest BCUT2D eigenvalue weighted by Gasteiger charge is 2.45. The van der Waals surface area contributed by atoms with Crippen LogP contribution >= 0.6 is 0 Å². The molecular weight excluding hydrogens is 380 g/mol. The highest BCUT2D eigenvalue weighted by Crippen LogP contribution is 2.51. The van der Waals surface area contributed by atoms with Gasteiger partial charge in [-0.25, -0.2) is 9.97 Å². The molecule has 3 aromatic rings. The zero-order valence-electron chi connectivity index (χ0n) is 19.3. The molecule has 0 fully saturated rings. The zero-order chi connectivity index (χ0) is 21.8. The molecule has 0 atom stereocenters. The fourth-order valence-electron chi connectivity index (χ4n) is 5.08. The maximum atomic E-state index is 5.40. The van der Waals surface area contributed by atoms with Crippen LogP contribution in [-0.2, 0) is 10.8 Å². The van der Waals surface area contributed by atoms with Gasteiger partial charge in [0, 0.05) is 22.2 Å². The first-order chi connectivity index (χ1) is 14.8. The average molecular weight is 413 g/mol. The maximum Gasteiger partial charge on any atom is 0.178 e. The number of aromatic nitrogens is 2. The number of rotatable bonds is 3. The number of nitrogens with zero attached hydrogens (tertiary/aromatic N) is 4. The summed E-state index contributed by atoms with van der Waals surface area (Å²) in [6.45, 7) is 11.5. The molecule has 0 bridgehead atoms. The van der Waals surface area contributed by atoms with Gasteiger partial charge in [-0.2, -0.15) is 0 Å². The van der Waals surface area contributed by atoms with Crippen LogP contribution in [0, 0.1) is 0 Å². The molecular formula is C27H32N4. The molecule has 0 radical (unpaired) electrons. The van der Waals surface area contributed by atoms with Crippen molar-refractivity contribution < 1.29 is 0 Å². The second kappa shape index (κ2) is 7.08. The van der Waals surface area contributed by atoms with Gasteiger partial charge in [0.2, 0.25) is 0 Å². The Morgan fingerprint density at radius 2 is 1.10 bits per heavy atom. The molecule has 160 valence electrons. The number of hydrogen-bond donors (Lipinski definition) is 0. The van der Waals surface area contributed by atoms with Gasteiger partial charge >= 0.3 is 0 Å². The van der Waals surface area contributed by atoms with Crippen LogP contribution in [0.15, 0.2) is 60.7 Å². The van der Waals surface area contributed by atoms with Gasteiger partial charge in [-0.3, -0.25) is 0 Å². The molecule has 0 amide bonds. The summed E-state index contributed by atoms with van der Waals surface area (Å²) in [5, 5.41) is 0. The van der Waals surface area contributed by atoms with E-state index in [9.17, 15) is 0 Å². The average Bonchev–Trinajstić information content (AvgIpc) is 3.11. The van der Waals surface area contributed by atoms with E-state index in [1.165, 1.54) is 0 Å². The SMILES string of the molecule is CCC1N(c2ccccc2)c2nc3c(nc2N1c1ccccc1)C(C)(C)CCC3(C)C. The van der Waals surface area contributed by atoms with Crippen molar-refractivity contribution in [3.05, 3.63) is 72.1 Å². The van der Waals surface area contributed by atoms with Gasteiger partial charge < -0.3 is 9.80 Å². The minimum Gasteiger partial charge on any atom is -0.302 e. The molecule has 4 heteroatoms. The lowest BCUT2D eigenvalue weighted by molar-refractivity contribution is 0.315. The first-order valence-corrected chi connectivity index (χ1v) is 11.4. The molecule has 0 unspecified atom stereocenters. The molecule has 1 aliphatic carbocycles. The van der Waals surface area contributed by atoms with Crippen molar-refractivity contribution in [3.8, 4) is 0 Å². The molecule has 2 heterocycles. The molecule has 1 aromatic heterocycles. The third-order valence-electron chi connectivity index (χ3n) is 7.00. The second-order valence-electron chi connectivity index (χ2n) is 10.1. The number of anilines is 4. The summed E-state index contributed by atoms with van der Waals surface area (Å²) in [6, 6.07) is 21.3. The molecule has 1 aliphatic heterocycles. The summed E-state index contributed by atoms with van der Waals surface area (Å²) in [5.74, 6) is 1.96. The minimum absolute atomic E-state index is 0.0249. The Bertz CT molecular complexity index is 1000. The monoisotopic (exact) mass is 412 g/mol. The standard InChI is InChI=1S/C27H32N4/c1-6-21-30(19-13-9-7-10-14-19)24-25(31(21)20-15-11-8-12-16-20)29-23-22(28-24)26(2,3)17-18-27(23,4)5/h7-16,21H,6,17-18H2,1-5H3. The third-order valence-corrected chi connectivity index (χ3v) is 7.00. The van der Waals surface area contributed by atoms with Crippen molar-refractivity contribution in [1.82, 2.24) is 9.97 Å². The maximum absolute atomic E-state index is 5.40. The molecule has 4 nitrogen and oxygen atoms in total. The minimum atomic E-state index is 0.0249. The third kappa shape index (κ3) is 3.12. The van der Waals surface area contributed by atoms with Gasteiger partial charge in [0.15, 0.2) is 11.6 Å². The normalized spacial score (nSPS) is 19.3. The van der Waals surface area contributed by atoms with E-state index >= 15 is 0 Å². The van der Waals surface area contributed by atoms with Crippen LogP contribution in [0.25, 0.3) is 0 Å². The van der Waals surface area contributed by atoms with E-state index < -0.39 is 0 Å². The Kier molecular flexibility index (Phi) is 4.58. The summed E-state index contributed by atoms with van der Waals surface area (Å²) in [5.41, 5.74) is 4.70. The van der Waals surface area contributed by atoms with E-state index in [-0.39, 0.29) is 17.0 Å². The van der Waals surface area contributed by atoms with Crippen molar-refractivity contribution in [1.29, 1.82) is 0 Å². The summed E-state index contributed by atoms with van der Waals surface area (Å²) in [4.78, 5) is 15.6. The van der Waals surface area contributed by atoms with Crippen molar-refractivity contribution in [2.45, 2.75) is 70.9 Å². The van der Waals surface area contributed by atoms with Crippen LogP contribution < -0.4 is 9.80 Å². The summed E-state index contributed by atoms with van der Waals surface area (Å²) in [6.07, 6.45) is 3.35. The fourth-order valence-corrected chi connectivity index (χ4v) is 5.08. The number of hydrogen-bond acceptors (Lipinski definition) is 4. The van der Waals surface area contributed by atoms with Gasteiger partial charge in [0.25, 0.3) is 0 Å². The molecule has 5 rings (SSSR count). The topological polar surface area (TPSA) is 32.3 Å². The van der Waals surface area contributed by atoms with Crippen molar-refractivity contribution in [2.75, 3.05) is 9.80 Å². The van der Waals surface area contributed by atoms with E-state index in [4.69, 9.17) is 9.97 Å². The smallest absolute Gasteiger partial charge is 0.178 e. The molecule has 0 saturated carbocycles. The Labute approximate surface area is 186 Å². The molecule has 0 spiro atoms. The molecule has 31 heavy (non-hydrogen) atoms. The van der Waals surface area contributed by atoms with Gasteiger partial charge in [-0.05, 0) is 43.5 Å². The lowest BCUT2D eigenvalue weighted by Crippen LogP contribution is -2.37. The Hall–Kier alpha value is -2.88. The lowest BCUT2D eigenvalue weighted by atomic mass is 9.67. The van der Waals surface area contributed by atoms with Crippen LogP contribution in [0.3, 0.4) is 0 Å². The van der Waals surface area contributed by atoms with Crippen LogP contribution in [0.1, 0.15) is 65.3 Å². The van der Waals surface area contributed by atoms with Crippen LogP contribution in [-0.4, -0.2) is 16.1 Å². The first kappa shape index (κ1) is 20.0. The number of para-hydroxylation sites is 2. The van der Waals surface area contributed by atoms with E-state index in [1.807, 2.05) is 0 Å². The summed E-state index contributed by atoms with van der Waals surface area (Å²) in [7, 11) is 0. The van der Waals surface area contributed by atoms with E-state index in [2.05, 4.69) is 105 Å². The summed E-state index contributed by atoms with van der Waals surface area (Å²) < 4.78 is 0. The zero-order valence-corrected chi connectivity index (χ0v) is 19.3. The van der Waals surface area contributed by atoms with E-state index in [0.717, 1.165) is 53.7 Å². The van der Waals surface area contributed by atoms with Crippen molar-refractivity contribution in [3.63, 3.8) is 0 Å². The quantitative estimate of drug-likeness (QED) is 0.471. The Morgan fingerprint density at radius 3 is 1.45 bits per heavy atom. The Balaban J connectivity index is 1.79. The van der Waals surface area contributed by atoms with Crippen molar-refractivity contribution in [2.24, 2.45) is 0 Å². The molecule has 2 aliphatic rings. The lowest BCUT2D eigenvalue weighted by Gasteiger charge is -2.40. The van der Waals surface area contributed by atoms with Crippen LogP contribution in [0.5, 0.6) is 0 Å².